The van der Waals surface area contributed by atoms with Crippen LogP contribution >= 0.6 is 23.2 Å². The number of nitrogens with two attached hydrogens (primary N) is 1. The number of nitrogen functional groups attached to an aromatic ring is 1. The first kappa shape index (κ1) is 50.2. The Hall–Kier alpha value is -5.76. The maximum atomic E-state index is 10.6. The van der Waals surface area contributed by atoms with Crippen LogP contribution in [0, 0.1) is 22.7 Å². The van der Waals surface area contributed by atoms with Gasteiger partial charge in [0, 0.05) is 45.9 Å². The molecule has 12 heteroatoms. The van der Waals surface area contributed by atoms with Gasteiger partial charge in [-0.05, 0) is 77.9 Å². The van der Waals surface area contributed by atoms with Crippen molar-refractivity contribution in [3.8, 4) is 12.1 Å². The van der Waals surface area contributed by atoms with Crippen LogP contribution < -0.4 is 11.1 Å². The van der Waals surface area contributed by atoms with E-state index < -0.39 is 6.10 Å². The van der Waals surface area contributed by atoms with Crippen LogP contribution in [0.4, 0.5) is 11.4 Å². The van der Waals surface area contributed by atoms with E-state index in [4.69, 9.17) is 48.9 Å². The lowest BCUT2D eigenvalue weighted by molar-refractivity contribution is -0.164. The molecule has 3 atom stereocenters. The lowest BCUT2D eigenvalue weighted by atomic mass is 10.0. The smallest absolute Gasteiger partial charge is 0.157 e. The molecule has 0 spiro atoms. The number of anilines is 2. The van der Waals surface area contributed by atoms with E-state index in [-0.39, 0.29) is 18.9 Å². The highest BCUT2D eigenvalue weighted by Crippen LogP contribution is 2.28. The molecule has 1 heterocycles. The van der Waals surface area contributed by atoms with Crippen LogP contribution in [0.2, 0.25) is 10.0 Å². The molecule has 0 amide bonds. The molecule has 0 bridgehead atoms. The molecular weight excluding hydrogens is 856 g/mol. The standard InChI is InChI=1S/C24H24ClN3O.C22H29NO3.C7H5ClN2/c25-22-15-20(16-26)11-12-23(22)27-24(21-9-5-2-6-10-21)18-28(13-14-29)17-19-7-3-1-4-8-19;24-21(20-11-5-2-6-12-20)18-23(17-19-9-3-1-4-10-19)14-16-26-22-13-7-8-15-25-22;8-6-3-5(4-9)1-2-7(6)10/h1-12,15,24,27,29H,13-14,17-18H2;1-6,9-12,21-22,24H,7-8,13-18H2;1-3H,10H2/t24-;21-,22?;/m00./s1. The summed E-state index contributed by atoms with van der Waals surface area (Å²) in [5.41, 5.74) is 12.3. The quantitative estimate of drug-likeness (QED) is 0.0614. The van der Waals surface area contributed by atoms with E-state index in [0.29, 0.717) is 53.1 Å². The summed E-state index contributed by atoms with van der Waals surface area (Å²) in [6, 6.07) is 54.7. The normalized spacial score (nSPS) is 14.1. The van der Waals surface area contributed by atoms with Crippen LogP contribution in [0.1, 0.15) is 64.8 Å². The summed E-state index contributed by atoms with van der Waals surface area (Å²) in [6.45, 7) is 5.63. The molecule has 1 unspecified atom stereocenters. The van der Waals surface area contributed by atoms with E-state index in [1.807, 2.05) is 97.1 Å². The number of ether oxygens (including phenoxy) is 2. The lowest BCUT2D eigenvalue weighted by Gasteiger charge is -2.29. The van der Waals surface area contributed by atoms with Crippen molar-refractivity contribution >= 4 is 34.6 Å². The highest BCUT2D eigenvalue weighted by molar-refractivity contribution is 6.33. The molecule has 5 N–H and O–H groups in total. The number of nitrogens with one attached hydrogen (secondary N) is 1. The van der Waals surface area contributed by atoms with Gasteiger partial charge in [-0.2, -0.15) is 10.5 Å². The van der Waals surface area contributed by atoms with Crippen LogP contribution in [0.5, 0.6) is 0 Å². The highest BCUT2D eigenvalue weighted by atomic mass is 35.5. The second-order valence-corrected chi connectivity index (χ2v) is 16.3. The van der Waals surface area contributed by atoms with E-state index >= 15 is 0 Å². The fourth-order valence-electron chi connectivity index (χ4n) is 7.14. The van der Waals surface area contributed by atoms with E-state index in [9.17, 15) is 10.2 Å². The van der Waals surface area contributed by atoms with Gasteiger partial charge in [-0.1, -0.05) is 145 Å². The first-order valence-electron chi connectivity index (χ1n) is 21.8. The van der Waals surface area contributed by atoms with Gasteiger partial charge in [-0.25, -0.2) is 0 Å². The fourth-order valence-corrected chi connectivity index (χ4v) is 7.56. The molecule has 0 aliphatic carbocycles. The zero-order valence-corrected chi connectivity index (χ0v) is 38.1. The van der Waals surface area contributed by atoms with Gasteiger partial charge in [-0.15, -0.1) is 0 Å². The van der Waals surface area contributed by atoms with Crippen molar-refractivity contribution in [3.63, 3.8) is 0 Å². The Balaban J connectivity index is 0.000000203. The number of hydrogen-bond acceptors (Lipinski definition) is 10. The lowest BCUT2D eigenvalue weighted by Crippen LogP contribution is -2.33. The highest BCUT2D eigenvalue weighted by Gasteiger charge is 2.19. The second kappa shape index (κ2) is 28.2. The number of nitriles is 2. The van der Waals surface area contributed by atoms with Gasteiger partial charge in [0.2, 0.25) is 0 Å². The third-order valence-electron chi connectivity index (χ3n) is 10.6. The van der Waals surface area contributed by atoms with Crippen LogP contribution in [-0.4, -0.2) is 72.3 Å². The van der Waals surface area contributed by atoms with E-state index in [0.717, 1.165) is 55.9 Å². The minimum Gasteiger partial charge on any atom is -0.398 e. The average Bonchev–Trinajstić information content (AvgIpc) is 3.34. The third kappa shape index (κ3) is 18.0. The van der Waals surface area contributed by atoms with Crippen molar-refractivity contribution < 1.29 is 19.7 Å². The summed E-state index contributed by atoms with van der Waals surface area (Å²) in [6.07, 6.45) is 2.70. The third-order valence-corrected chi connectivity index (χ3v) is 11.2. The Morgan fingerprint density at radius 1 is 0.692 bits per heavy atom. The number of halogens is 2. The van der Waals surface area contributed by atoms with Crippen LogP contribution in [0.25, 0.3) is 0 Å². The van der Waals surface area contributed by atoms with E-state index in [1.165, 1.54) is 23.6 Å². The summed E-state index contributed by atoms with van der Waals surface area (Å²) in [4.78, 5) is 4.47. The Labute approximate surface area is 394 Å². The average molecular weight is 914 g/mol. The van der Waals surface area contributed by atoms with Crippen molar-refractivity contribution in [2.45, 2.75) is 50.8 Å². The molecule has 0 radical (unpaired) electrons. The molecule has 6 aromatic rings. The zero-order chi connectivity index (χ0) is 46.1. The van der Waals surface area contributed by atoms with E-state index in [1.54, 1.807) is 24.3 Å². The van der Waals surface area contributed by atoms with Gasteiger partial charge in [-0.3, -0.25) is 9.80 Å². The number of aliphatic hydroxyl groups excluding tert-OH is 2. The van der Waals surface area contributed by atoms with Gasteiger partial charge in [0.15, 0.2) is 6.29 Å². The minimum atomic E-state index is -0.508. The topological polar surface area (TPSA) is 151 Å². The summed E-state index contributed by atoms with van der Waals surface area (Å²) < 4.78 is 11.5. The summed E-state index contributed by atoms with van der Waals surface area (Å²) >= 11 is 12.0. The Kier molecular flexibility index (Phi) is 21.8. The van der Waals surface area contributed by atoms with Crippen molar-refractivity contribution in [1.82, 2.24) is 9.80 Å². The molecule has 0 aromatic heterocycles. The number of benzene rings is 6. The first-order chi connectivity index (χ1) is 31.7. The number of rotatable bonds is 18. The second-order valence-electron chi connectivity index (χ2n) is 15.5. The van der Waals surface area contributed by atoms with Crippen molar-refractivity contribution in [3.05, 3.63) is 201 Å². The Morgan fingerprint density at radius 2 is 1.23 bits per heavy atom. The van der Waals surface area contributed by atoms with Gasteiger partial charge < -0.3 is 30.7 Å². The van der Waals surface area contributed by atoms with Crippen LogP contribution in [0.3, 0.4) is 0 Å². The largest absolute Gasteiger partial charge is 0.398 e. The zero-order valence-electron chi connectivity index (χ0n) is 36.6. The minimum absolute atomic E-state index is 0.0307. The Bertz CT molecular complexity index is 2340. The van der Waals surface area contributed by atoms with Gasteiger partial charge >= 0.3 is 0 Å². The maximum absolute atomic E-state index is 10.6. The predicted molar refractivity (Wildman–Crippen MR) is 261 cm³/mol. The van der Waals surface area contributed by atoms with Crippen LogP contribution in [-0.2, 0) is 22.6 Å². The predicted octanol–water partition coefficient (Wildman–Crippen LogP) is 10.4. The summed E-state index contributed by atoms with van der Waals surface area (Å²) in [5, 5.41) is 42.1. The molecule has 0 saturated carbocycles. The fraction of sp³-hybridized carbons (Fsp3) is 0.283. The number of aliphatic hydroxyl groups is 2. The van der Waals surface area contributed by atoms with Gasteiger partial charge in [0.25, 0.3) is 0 Å². The first-order valence-corrected chi connectivity index (χ1v) is 22.6. The molecular formula is C53H58Cl2N6O4. The van der Waals surface area contributed by atoms with E-state index in [2.05, 4.69) is 57.6 Å². The molecule has 338 valence electrons. The molecule has 7 rings (SSSR count). The molecule has 1 fully saturated rings. The van der Waals surface area contributed by atoms with Crippen molar-refractivity contribution in [2.24, 2.45) is 0 Å². The molecule has 10 nitrogen and oxygen atoms in total. The number of nitrogens with zero attached hydrogens (tertiary/aromatic N) is 4. The summed E-state index contributed by atoms with van der Waals surface area (Å²) in [5.74, 6) is 0. The van der Waals surface area contributed by atoms with Crippen molar-refractivity contribution in [1.29, 1.82) is 10.5 Å². The molecule has 1 aliphatic heterocycles. The van der Waals surface area contributed by atoms with Gasteiger partial charge in [0.1, 0.15) is 0 Å². The molecule has 1 saturated heterocycles. The van der Waals surface area contributed by atoms with Crippen LogP contribution in [0.15, 0.2) is 158 Å². The SMILES string of the molecule is N#Cc1ccc(N)c(Cl)c1.N#Cc1ccc(N[C@@H](CN(CCO)Cc2ccccc2)c2ccccc2)c(Cl)c1.O[C@@H](CN(CCOC1CCCCO1)Cc1ccccc1)c1ccccc1. The number of hydrogen-bond donors (Lipinski definition) is 4. The monoisotopic (exact) mass is 912 g/mol. The Morgan fingerprint density at radius 3 is 1.75 bits per heavy atom. The van der Waals surface area contributed by atoms with Crippen molar-refractivity contribution in [2.75, 3.05) is 57.1 Å². The molecule has 1 aliphatic rings. The molecule has 65 heavy (non-hydrogen) atoms. The molecule has 6 aromatic carbocycles. The van der Waals surface area contributed by atoms with Gasteiger partial charge in [0.05, 0.1) is 70.0 Å². The summed E-state index contributed by atoms with van der Waals surface area (Å²) in [7, 11) is 0. The maximum Gasteiger partial charge on any atom is 0.157 e.